The molecule has 0 aromatic carbocycles. The Morgan fingerprint density at radius 2 is 1.86 bits per heavy atom. The fraction of sp³-hybridized carbons (Fsp3) is 0.789. The largest absolute Gasteiger partial charge is 0.299 e. The first-order valence-electron chi connectivity index (χ1n) is 8.70. The Balaban J connectivity index is 1.70. The lowest BCUT2D eigenvalue weighted by atomic mass is 9.46. The molecule has 0 spiro atoms. The van der Waals surface area contributed by atoms with Crippen molar-refractivity contribution in [1.29, 1.82) is 0 Å². The van der Waals surface area contributed by atoms with Crippen molar-refractivity contribution in [3.63, 3.8) is 0 Å². The molecule has 21 heavy (non-hydrogen) atoms. The van der Waals surface area contributed by atoms with E-state index in [0.29, 0.717) is 35.2 Å². The Morgan fingerprint density at radius 1 is 1.05 bits per heavy atom. The summed E-state index contributed by atoms with van der Waals surface area (Å²) < 4.78 is 0. The smallest absolute Gasteiger partial charge is 0.155 e. The summed E-state index contributed by atoms with van der Waals surface area (Å²) in [6.45, 7) is 4.62. The highest BCUT2D eigenvalue weighted by atomic mass is 16.1. The number of hydrogen-bond acceptors (Lipinski definition) is 2. The van der Waals surface area contributed by atoms with Gasteiger partial charge in [-0.25, -0.2) is 0 Å². The van der Waals surface area contributed by atoms with E-state index in [1.165, 1.54) is 19.3 Å². The molecule has 0 N–H and O–H groups in total. The first-order valence-corrected chi connectivity index (χ1v) is 8.70. The van der Waals surface area contributed by atoms with Crippen LogP contribution in [-0.4, -0.2) is 11.6 Å². The second-order valence-electron chi connectivity index (χ2n) is 8.44. The summed E-state index contributed by atoms with van der Waals surface area (Å²) in [6, 6.07) is 0. The molecule has 0 amide bonds. The average molecular weight is 286 g/mol. The van der Waals surface area contributed by atoms with Gasteiger partial charge in [-0.15, -0.1) is 0 Å². The van der Waals surface area contributed by atoms with E-state index >= 15 is 0 Å². The summed E-state index contributed by atoms with van der Waals surface area (Å²) in [7, 11) is 0. The molecule has 3 saturated carbocycles. The molecule has 0 radical (unpaired) electrons. The molecule has 114 valence electrons. The van der Waals surface area contributed by atoms with Crippen LogP contribution in [0.4, 0.5) is 0 Å². The zero-order valence-electron chi connectivity index (χ0n) is 13.2. The molecule has 3 fully saturated rings. The fourth-order valence-electron chi connectivity index (χ4n) is 6.41. The van der Waals surface area contributed by atoms with Crippen molar-refractivity contribution in [2.24, 2.45) is 34.5 Å². The van der Waals surface area contributed by atoms with Crippen molar-refractivity contribution in [1.82, 2.24) is 0 Å². The van der Waals surface area contributed by atoms with Gasteiger partial charge in [-0.2, -0.15) is 0 Å². The first-order chi connectivity index (χ1) is 9.95. The Morgan fingerprint density at radius 3 is 2.67 bits per heavy atom. The molecule has 0 bridgehead atoms. The van der Waals surface area contributed by atoms with Gasteiger partial charge in [-0.1, -0.05) is 19.9 Å². The predicted molar refractivity (Wildman–Crippen MR) is 81.6 cm³/mol. The molecule has 4 rings (SSSR count). The number of carbonyl (C=O) groups is 2. The van der Waals surface area contributed by atoms with Crippen molar-refractivity contribution < 1.29 is 9.59 Å². The quantitative estimate of drug-likeness (QED) is 0.676. The minimum atomic E-state index is -0.0292. The summed E-state index contributed by atoms with van der Waals surface area (Å²) in [6.07, 6.45) is 11.4. The molecule has 0 unspecified atom stereocenters. The van der Waals surface area contributed by atoms with Crippen LogP contribution in [0.3, 0.4) is 0 Å². The molecule has 4 aliphatic carbocycles. The van der Waals surface area contributed by atoms with Crippen LogP contribution in [0.25, 0.3) is 0 Å². The van der Waals surface area contributed by atoms with Gasteiger partial charge in [0.1, 0.15) is 5.78 Å². The maximum Gasteiger partial charge on any atom is 0.155 e. The maximum atomic E-state index is 12.4. The van der Waals surface area contributed by atoms with Crippen LogP contribution in [0, 0.1) is 34.5 Å². The third-order valence-corrected chi connectivity index (χ3v) is 7.75. The minimum Gasteiger partial charge on any atom is -0.299 e. The van der Waals surface area contributed by atoms with Crippen molar-refractivity contribution >= 4 is 11.6 Å². The highest BCUT2D eigenvalue weighted by molar-refractivity contribution is 5.91. The number of allylic oxidation sites excluding steroid dienone is 2. The zero-order valence-corrected chi connectivity index (χ0v) is 13.2. The number of Topliss-reactive ketones (excluding diaryl/α,β-unsaturated/α-hetero) is 1. The van der Waals surface area contributed by atoms with Gasteiger partial charge < -0.3 is 0 Å². The summed E-state index contributed by atoms with van der Waals surface area (Å²) in [5, 5.41) is 0. The van der Waals surface area contributed by atoms with E-state index in [4.69, 9.17) is 0 Å². The summed E-state index contributed by atoms with van der Waals surface area (Å²) in [5.74, 6) is 3.37. The average Bonchev–Trinajstić information content (AvgIpc) is 2.76. The number of carbonyl (C=O) groups excluding carboxylic acids is 2. The maximum absolute atomic E-state index is 12.4. The molecule has 2 heteroatoms. The fourth-order valence-corrected chi connectivity index (χ4v) is 6.41. The van der Waals surface area contributed by atoms with Crippen LogP contribution in [0.1, 0.15) is 58.8 Å². The molecule has 4 aliphatic rings. The highest BCUT2D eigenvalue weighted by Gasteiger charge is 2.59. The lowest BCUT2D eigenvalue weighted by Gasteiger charge is -2.57. The van der Waals surface area contributed by atoms with Gasteiger partial charge in [0, 0.05) is 18.3 Å². The van der Waals surface area contributed by atoms with Gasteiger partial charge in [-0.05, 0) is 67.3 Å². The van der Waals surface area contributed by atoms with E-state index < -0.39 is 0 Å². The molecule has 0 heterocycles. The normalized spacial score (nSPS) is 52.3. The molecule has 0 aromatic rings. The second-order valence-corrected chi connectivity index (χ2v) is 8.44. The Bertz CT molecular complexity index is 534. The van der Waals surface area contributed by atoms with Gasteiger partial charge in [0.15, 0.2) is 5.78 Å². The van der Waals surface area contributed by atoms with Crippen molar-refractivity contribution in [3.8, 4) is 0 Å². The number of fused-ring (bicyclic) bond motifs is 5. The SMILES string of the molecule is C[C@]12C=CC(=O)C[C@H]1CC[C@H]1[C@H]2CC[C@]2(C)C(=O)CC[C@H]12. The van der Waals surface area contributed by atoms with E-state index in [-0.39, 0.29) is 10.8 Å². The molecular formula is C19H26O2. The molecule has 0 saturated heterocycles. The van der Waals surface area contributed by atoms with Crippen LogP contribution < -0.4 is 0 Å². The van der Waals surface area contributed by atoms with Gasteiger partial charge in [-0.3, -0.25) is 9.59 Å². The molecule has 2 nitrogen and oxygen atoms in total. The van der Waals surface area contributed by atoms with E-state index in [9.17, 15) is 9.59 Å². The Kier molecular flexibility index (Phi) is 2.81. The third kappa shape index (κ3) is 1.71. The molecular weight excluding hydrogens is 260 g/mol. The lowest BCUT2D eigenvalue weighted by molar-refractivity contribution is -0.135. The van der Waals surface area contributed by atoms with Crippen molar-refractivity contribution in [3.05, 3.63) is 12.2 Å². The van der Waals surface area contributed by atoms with Gasteiger partial charge in [0.05, 0.1) is 0 Å². The number of rotatable bonds is 0. The zero-order chi connectivity index (χ0) is 14.8. The molecule has 6 atom stereocenters. The van der Waals surface area contributed by atoms with Gasteiger partial charge in [0.2, 0.25) is 0 Å². The van der Waals surface area contributed by atoms with Gasteiger partial charge >= 0.3 is 0 Å². The second kappa shape index (κ2) is 4.30. The first kappa shape index (κ1) is 13.7. The van der Waals surface area contributed by atoms with Crippen LogP contribution in [0.15, 0.2) is 12.2 Å². The summed E-state index contributed by atoms with van der Waals surface area (Å²) >= 11 is 0. The Labute approximate surface area is 127 Å². The summed E-state index contributed by atoms with van der Waals surface area (Å²) in [4.78, 5) is 24.1. The third-order valence-electron chi connectivity index (χ3n) is 7.75. The molecule has 0 aromatic heterocycles. The number of hydrogen-bond donors (Lipinski definition) is 0. The lowest BCUT2D eigenvalue weighted by Crippen LogP contribution is -2.52. The van der Waals surface area contributed by atoms with Gasteiger partial charge in [0.25, 0.3) is 0 Å². The minimum absolute atomic E-state index is 0.0292. The van der Waals surface area contributed by atoms with Crippen LogP contribution in [-0.2, 0) is 9.59 Å². The van der Waals surface area contributed by atoms with Crippen LogP contribution in [0.2, 0.25) is 0 Å². The van der Waals surface area contributed by atoms with Crippen LogP contribution >= 0.6 is 0 Å². The predicted octanol–water partition coefficient (Wildman–Crippen LogP) is 3.94. The van der Waals surface area contributed by atoms with E-state index in [1.807, 2.05) is 6.08 Å². The van der Waals surface area contributed by atoms with E-state index in [2.05, 4.69) is 19.9 Å². The standard InChI is InChI=1S/C19H26O2/c1-18-9-7-13(20)11-12(18)3-4-14-15-5-6-17(21)19(15,2)10-8-16(14)18/h7,9,12,14-16H,3-6,8,10-11H2,1-2H3/t12-,14-,15-,16-,18+,19+/m1/s1. The molecule has 0 aliphatic heterocycles. The number of ketones is 2. The van der Waals surface area contributed by atoms with E-state index in [0.717, 1.165) is 25.7 Å². The Hall–Kier alpha value is -0.920. The highest BCUT2D eigenvalue weighted by Crippen LogP contribution is 2.64. The van der Waals surface area contributed by atoms with Crippen molar-refractivity contribution in [2.45, 2.75) is 58.8 Å². The monoisotopic (exact) mass is 286 g/mol. The van der Waals surface area contributed by atoms with Crippen LogP contribution in [0.5, 0.6) is 0 Å². The van der Waals surface area contributed by atoms with Crippen molar-refractivity contribution in [2.75, 3.05) is 0 Å². The summed E-state index contributed by atoms with van der Waals surface area (Å²) in [5.41, 5.74) is 0.169. The topological polar surface area (TPSA) is 34.1 Å². The van der Waals surface area contributed by atoms with E-state index in [1.54, 1.807) is 0 Å².